The highest BCUT2D eigenvalue weighted by Gasteiger charge is 2.18. The Bertz CT molecular complexity index is 844. The molecule has 22 heavy (non-hydrogen) atoms. The molecule has 0 atom stereocenters. The summed E-state index contributed by atoms with van der Waals surface area (Å²) in [5.74, 6) is -0.466. The maximum atomic E-state index is 12.3. The van der Waals surface area contributed by atoms with Gasteiger partial charge in [0, 0.05) is 42.9 Å². The number of aryl methyl sites for hydroxylation is 2. The van der Waals surface area contributed by atoms with Crippen molar-refractivity contribution in [2.45, 2.75) is 20.8 Å². The molecule has 0 fully saturated rings. The molecule has 2 rings (SSSR count). The normalized spacial score (nSPS) is 11.3. The van der Waals surface area contributed by atoms with Crippen LogP contribution in [-0.2, 0) is 0 Å². The van der Waals surface area contributed by atoms with E-state index >= 15 is 0 Å². The van der Waals surface area contributed by atoms with E-state index in [1.165, 1.54) is 6.08 Å². The van der Waals surface area contributed by atoms with E-state index in [4.69, 9.17) is 4.42 Å². The van der Waals surface area contributed by atoms with Crippen LogP contribution in [0.4, 0.5) is 0 Å². The molecule has 0 bridgehead atoms. The zero-order valence-corrected chi connectivity index (χ0v) is 13.4. The molecular formula is C17H19NO4. The van der Waals surface area contributed by atoms with Crippen LogP contribution in [0.2, 0.25) is 0 Å². The van der Waals surface area contributed by atoms with Crippen LogP contribution in [0.25, 0.3) is 11.0 Å². The number of hydrogen-bond donors (Lipinski definition) is 1. The van der Waals surface area contributed by atoms with Crippen molar-refractivity contribution >= 4 is 16.8 Å². The van der Waals surface area contributed by atoms with E-state index in [2.05, 4.69) is 0 Å². The second-order valence-electron chi connectivity index (χ2n) is 5.56. The van der Waals surface area contributed by atoms with Crippen molar-refractivity contribution in [3.8, 4) is 5.75 Å². The average Bonchev–Trinajstić information content (AvgIpc) is 2.46. The second-order valence-corrected chi connectivity index (χ2v) is 5.56. The predicted molar refractivity (Wildman–Crippen MR) is 85.5 cm³/mol. The lowest BCUT2D eigenvalue weighted by atomic mass is 9.98. The molecule has 0 saturated carbocycles. The molecule has 0 aliphatic rings. The first-order valence-corrected chi connectivity index (χ1v) is 6.89. The van der Waals surface area contributed by atoms with Crippen molar-refractivity contribution < 1.29 is 14.3 Å². The number of fused-ring (bicyclic) bond motifs is 1. The summed E-state index contributed by atoms with van der Waals surface area (Å²) in [4.78, 5) is 25.8. The molecule has 0 unspecified atom stereocenters. The molecule has 1 N–H and O–H groups in total. The van der Waals surface area contributed by atoms with Crippen molar-refractivity contribution in [2.24, 2.45) is 0 Å². The molecule has 0 amide bonds. The van der Waals surface area contributed by atoms with Crippen molar-refractivity contribution in [1.29, 1.82) is 0 Å². The molecule has 0 saturated heterocycles. The Hall–Kier alpha value is -2.56. The zero-order chi connectivity index (χ0) is 16.6. The van der Waals surface area contributed by atoms with Crippen molar-refractivity contribution in [1.82, 2.24) is 4.90 Å². The van der Waals surface area contributed by atoms with Crippen molar-refractivity contribution in [2.75, 3.05) is 14.1 Å². The van der Waals surface area contributed by atoms with E-state index in [1.807, 2.05) is 0 Å². The van der Waals surface area contributed by atoms with Gasteiger partial charge in [-0.15, -0.1) is 0 Å². The van der Waals surface area contributed by atoms with E-state index in [9.17, 15) is 14.7 Å². The van der Waals surface area contributed by atoms with Gasteiger partial charge in [0.05, 0.1) is 5.56 Å². The number of benzene rings is 1. The Kier molecular flexibility index (Phi) is 4.08. The predicted octanol–water partition coefficient (Wildman–Crippen LogP) is 2.68. The number of aromatic hydroxyl groups is 1. The number of carbonyl (C=O) groups is 1. The fourth-order valence-electron chi connectivity index (χ4n) is 2.22. The van der Waals surface area contributed by atoms with Crippen molar-refractivity contribution in [3.63, 3.8) is 0 Å². The Morgan fingerprint density at radius 1 is 1.18 bits per heavy atom. The zero-order valence-electron chi connectivity index (χ0n) is 13.4. The topological polar surface area (TPSA) is 70.8 Å². The van der Waals surface area contributed by atoms with Crippen LogP contribution in [0.1, 0.15) is 27.0 Å². The molecule has 0 aliphatic carbocycles. The van der Waals surface area contributed by atoms with Crippen LogP contribution >= 0.6 is 0 Å². The van der Waals surface area contributed by atoms with Gasteiger partial charge in [0.25, 0.3) is 0 Å². The van der Waals surface area contributed by atoms with Crippen LogP contribution in [-0.4, -0.2) is 29.9 Å². The first-order chi connectivity index (χ1) is 10.2. The minimum absolute atomic E-state index is 0.160. The fraction of sp³-hybridized carbons (Fsp3) is 0.294. The number of rotatable bonds is 3. The number of phenolic OH excluding ortho intramolecular Hbond substituents is 1. The summed E-state index contributed by atoms with van der Waals surface area (Å²) in [6.07, 6.45) is 3.01. The third kappa shape index (κ3) is 2.62. The lowest BCUT2D eigenvalue weighted by Gasteiger charge is -2.11. The van der Waals surface area contributed by atoms with Crippen molar-refractivity contribution in [3.05, 3.63) is 51.0 Å². The van der Waals surface area contributed by atoms with Crippen LogP contribution in [0.15, 0.2) is 27.6 Å². The van der Waals surface area contributed by atoms with E-state index in [1.54, 1.807) is 52.0 Å². The molecule has 5 heteroatoms. The third-order valence-corrected chi connectivity index (χ3v) is 3.74. The lowest BCUT2D eigenvalue weighted by molar-refractivity contribution is 0.104. The smallest absolute Gasteiger partial charge is 0.339 e. The number of nitrogens with zero attached hydrogens (tertiary/aromatic N) is 1. The number of phenols is 1. The van der Waals surface area contributed by atoms with Crippen LogP contribution < -0.4 is 5.63 Å². The maximum absolute atomic E-state index is 12.3. The summed E-state index contributed by atoms with van der Waals surface area (Å²) in [6, 6.07) is 1.57. The van der Waals surface area contributed by atoms with Gasteiger partial charge in [-0.1, -0.05) is 0 Å². The summed E-state index contributed by atoms with van der Waals surface area (Å²) < 4.78 is 5.26. The fourth-order valence-corrected chi connectivity index (χ4v) is 2.22. The summed E-state index contributed by atoms with van der Waals surface area (Å²) in [7, 11) is 3.61. The average molecular weight is 301 g/mol. The summed E-state index contributed by atoms with van der Waals surface area (Å²) >= 11 is 0. The first kappa shape index (κ1) is 15.8. The Labute approximate surface area is 128 Å². The van der Waals surface area contributed by atoms with Crippen LogP contribution in [0.5, 0.6) is 5.75 Å². The van der Waals surface area contributed by atoms with Gasteiger partial charge < -0.3 is 14.4 Å². The SMILES string of the molecule is Cc1c(C)c2cc(C(=O)C=CN(C)C)c(O)c(C)c2oc1=O. The first-order valence-electron chi connectivity index (χ1n) is 6.89. The summed E-state index contributed by atoms with van der Waals surface area (Å²) in [5, 5.41) is 10.9. The molecule has 1 aromatic carbocycles. The molecule has 0 spiro atoms. The van der Waals surface area contributed by atoms with Gasteiger partial charge in [0.15, 0.2) is 5.78 Å². The highest BCUT2D eigenvalue weighted by molar-refractivity contribution is 6.09. The van der Waals surface area contributed by atoms with Gasteiger partial charge in [-0.25, -0.2) is 4.79 Å². The Balaban J connectivity index is 2.76. The molecule has 0 aliphatic heterocycles. The Morgan fingerprint density at radius 3 is 2.41 bits per heavy atom. The van der Waals surface area contributed by atoms with Gasteiger partial charge >= 0.3 is 5.63 Å². The van der Waals surface area contributed by atoms with Gasteiger partial charge in [0.1, 0.15) is 11.3 Å². The van der Waals surface area contributed by atoms with E-state index < -0.39 is 5.63 Å². The van der Waals surface area contributed by atoms with Gasteiger partial charge in [-0.2, -0.15) is 0 Å². The molecule has 0 radical (unpaired) electrons. The highest BCUT2D eigenvalue weighted by Crippen LogP contribution is 2.32. The third-order valence-electron chi connectivity index (χ3n) is 3.74. The van der Waals surface area contributed by atoms with E-state index in [0.29, 0.717) is 22.1 Å². The van der Waals surface area contributed by atoms with Gasteiger partial charge in [0.2, 0.25) is 0 Å². The Morgan fingerprint density at radius 2 is 1.82 bits per heavy atom. The second kappa shape index (κ2) is 5.67. The minimum atomic E-state index is -0.431. The number of hydrogen-bond acceptors (Lipinski definition) is 5. The van der Waals surface area contributed by atoms with E-state index in [-0.39, 0.29) is 17.1 Å². The monoisotopic (exact) mass is 301 g/mol. The standard InChI is InChI=1S/C17H19NO4/c1-9-10(2)17(21)22-16-11(3)15(20)13(8-12(9)16)14(19)6-7-18(4)5/h6-8,20H,1-5H3. The largest absolute Gasteiger partial charge is 0.507 e. The highest BCUT2D eigenvalue weighted by atomic mass is 16.4. The molecule has 5 nitrogen and oxygen atoms in total. The van der Waals surface area contributed by atoms with Gasteiger partial charge in [-0.3, -0.25) is 4.79 Å². The minimum Gasteiger partial charge on any atom is -0.507 e. The molecule has 1 heterocycles. The molecule has 116 valence electrons. The number of allylic oxidation sites excluding steroid dienone is 1. The lowest BCUT2D eigenvalue weighted by Crippen LogP contribution is -2.08. The molecule has 1 aromatic heterocycles. The summed E-state index contributed by atoms with van der Waals surface area (Å²) in [5.41, 5.74) is 1.72. The molecular weight excluding hydrogens is 282 g/mol. The van der Waals surface area contributed by atoms with Gasteiger partial charge in [-0.05, 0) is 32.4 Å². The van der Waals surface area contributed by atoms with E-state index in [0.717, 1.165) is 5.56 Å². The maximum Gasteiger partial charge on any atom is 0.339 e. The number of ketones is 1. The molecule has 2 aromatic rings. The quantitative estimate of drug-likeness (QED) is 0.536. The van der Waals surface area contributed by atoms with Crippen LogP contribution in [0.3, 0.4) is 0 Å². The summed E-state index contributed by atoms with van der Waals surface area (Å²) in [6.45, 7) is 5.10. The number of carbonyl (C=O) groups excluding carboxylic acids is 1. The van der Waals surface area contributed by atoms with Crippen LogP contribution in [0, 0.1) is 20.8 Å².